The van der Waals surface area contributed by atoms with Crippen LogP contribution in [0.2, 0.25) is 0 Å². The Morgan fingerprint density at radius 1 is 1.53 bits per heavy atom. The molecule has 2 rings (SSSR count). The topological polar surface area (TPSA) is 40.7 Å². The van der Waals surface area contributed by atoms with Gasteiger partial charge in [-0.05, 0) is 28.5 Å². The molecular formula is C12H13BrFN3. The number of aromatic nitrogens is 2. The monoisotopic (exact) mass is 297 g/mol. The van der Waals surface area contributed by atoms with Crippen LogP contribution >= 0.6 is 15.9 Å². The van der Waals surface area contributed by atoms with Crippen molar-refractivity contribution in [3.05, 3.63) is 52.3 Å². The van der Waals surface area contributed by atoms with Gasteiger partial charge in [0.05, 0.1) is 10.5 Å². The molecule has 0 aliphatic carbocycles. The highest BCUT2D eigenvalue weighted by atomic mass is 79.9. The SMILES string of the molecule is CCNC(c1ncc[nH]1)c1cccc(Br)c1F. The Bertz CT molecular complexity index is 485. The zero-order valence-corrected chi connectivity index (χ0v) is 11.0. The molecule has 3 nitrogen and oxygen atoms in total. The summed E-state index contributed by atoms with van der Waals surface area (Å²) in [4.78, 5) is 7.19. The summed E-state index contributed by atoms with van der Waals surface area (Å²) in [5.74, 6) is 0.457. The number of nitrogens with zero attached hydrogens (tertiary/aromatic N) is 1. The number of benzene rings is 1. The Hall–Kier alpha value is -1.20. The maximum absolute atomic E-state index is 14.0. The van der Waals surface area contributed by atoms with Gasteiger partial charge in [0.15, 0.2) is 0 Å². The van der Waals surface area contributed by atoms with E-state index in [2.05, 4.69) is 31.2 Å². The molecule has 1 aromatic heterocycles. The lowest BCUT2D eigenvalue weighted by Gasteiger charge is -2.17. The highest BCUT2D eigenvalue weighted by Gasteiger charge is 2.20. The van der Waals surface area contributed by atoms with Gasteiger partial charge in [0.2, 0.25) is 0 Å². The van der Waals surface area contributed by atoms with Gasteiger partial charge in [-0.3, -0.25) is 0 Å². The minimum Gasteiger partial charge on any atom is -0.347 e. The molecule has 0 saturated heterocycles. The van der Waals surface area contributed by atoms with Crippen molar-refractivity contribution in [2.75, 3.05) is 6.54 Å². The first-order valence-electron chi connectivity index (χ1n) is 5.40. The number of rotatable bonds is 4. The van der Waals surface area contributed by atoms with Gasteiger partial charge in [-0.1, -0.05) is 19.1 Å². The summed E-state index contributed by atoms with van der Waals surface area (Å²) in [5, 5.41) is 3.21. The number of H-pyrrole nitrogens is 1. The molecule has 1 aromatic carbocycles. The molecule has 0 saturated carbocycles. The summed E-state index contributed by atoms with van der Waals surface area (Å²) >= 11 is 3.20. The van der Waals surface area contributed by atoms with Crippen LogP contribution in [0.4, 0.5) is 4.39 Å². The fourth-order valence-electron chi connectivity index (χ4n) is 1.74. The minimum absolute atomic E-state index is 0.255. The van der Waals surface area contributed by atoms with Gasteiger partial charge in [-0.25, -0.2) is 9.37 Å². The molecule has 1 atom stereocenters. The molecule has 17 heavy (non-hydrogen) atoms. The first kappa shape index (κ1) is 12.3. The zero-order chi connectivity index (χ0) is 12.3. The van der Waals surface area contributed by atoms with E-state index in [9.17, 15) is 4.39 Å². The molecule has 1 unspecified atom stereocenters. The van der Waals surface area contributed by atoms with Gasteiger partial charge in [0, 0.05) is 18.0 Å². The molecule has 0 aliphatic rings. The molecule has 0 bridgehead atoms. The van der Waals surface area contributed by atoms with Gasteiger partial charge in [-0.15, -0.1) is 0 Å². The fraction of sp³-hybridized carbons (Fsp3) is 0.250. The Morgan fingerprint density at radius 2 is 2.35 bits per heavy atom. The van der Waals surface area contributed by atoms with E-state index in [-0.39, 0.29) is 11.9 Å². The van der Waals surface area contributed by atoms with Crippen LogP contribution in [-0.2, 0) is 0 Å². The van der Waals surface area contributed by atoms with Gasteiger partial charge in [0.25, 0.3) is 0 Å². The predicted octanol–water partition coefficient (Wildman–Crippen LogP) is 3.01. The van der Waals surface area contributed by atoms with Crippen molar-refractivity contribution >= 4 is 15.9 Å². The van der Waals surface area contributed by atoms with E-state index in [0.717, 1.165) is 6.54 Å². The summed E-state index contributed by atoms with van der Waals surface area (Å²) in [6.07, 6.45) is 3.39. The number of hydrogen-bond donors (Lipinski definition) is 2. The van der Waals surface area contributed by atoms with Crippen LogP contribution in [0.15, 0.2) is 35.1 Å². The maximum atomic E-state index is 14.0. The van der Waals surface area contributed by atoms with Gasteiger partial charge < -0.3 is 10.3 Å². The molecule has 2 N–H and O–H groups in total. The van der Waals surface area contributed by atoms with Crippen molar-refractivity contribution in [1.82, 2.24) is 15.3 Å². The molecule has 0 fully saturated rings. The number of aromatic amines is 1. The molecule has 1 heterocycles. The normalized spacial score (nSPS) is 12.6. The minimum atomic E-state index is -0.257. The van der Waals surface area contributed by atoms with Crippen LogP contribution in [0.3, 0.4) is 0 Å². The smallest absolute Gasteiger partial charge is 0.142 e. The summed E-state index contributed by atoms with van der Waals surface area (Å²) in [6.45, 7) is 2.71. The second kappa shape index (κ2) is 5.42. The van der Waals surface area contributed by atoms with Crippen LogP contribution in [0.1, 0.15) is 24.4 Å². The summed E-state index contributed by atoms with van der Waals surface area (Å²) in [6, 6.07) is 5.00. The largest absolute Gasteiger partial charge is 0.347 e. The lowest BCUT2D eigenvalue weighted by Crippen LogP contribution is -2.24. The summed E-state index contributed by atoms with van der Waals surface area (Å²) in [5.41, 5.74) is 0.580. The van der Waals surface area contributed by atoms with Crippen molar-refractivity contribution < 1.29 is 4.39 Å². The van der Waals surface area contributed by atoms with E-state index >= 15 is 0 Å². The third-order valence-corrected chi connectivity index (χ3v) is 3.11. The van der Waals surface area contributed by atoms with Crippen molar-refractivity contribution in [3.8, 4) is 0 Å². The van der Waals surface area contributed by atoms with Crippen LogP contribution in [-0.4, -0.2) is 16.5 Å². The first-order chi connectivity index (χ1) is 8.24. The van der Waals surface area contributed by atoms with Crippen molar-refractivity contribution in [2.45, 2.75) is 13.0 Å². The average Bonchev–Trinajstić information content (AvgIpc) is 2.84. The van der Waals surface area contributed by atoms with Crippen molar-refractivity contribution in [1.29, 1.82) is 0 Å². The van der Waals surface area contributed by atoms with E-state index in [1.807, 2.05) is 13.0 Å². The van der Waals surface area contributed by atoms with Gasteiger partial charge >= 0.3 is 0 Å². The van der Waals surface area contributed by atoms with Crippen LogP contribution in [0, 0.1) is 5.82 Å². The van der Waals surface area contributed by atoms with Gasteiger partial charge in [0.1, 0.15) is 11.6 Å². The summed E-state index contributed by atoms with van der Waals surface area (Å²) in [7, 11) is 0. The zero-order valence-electron chi connectivity index (χ0n) is 9.37. The van der Waals surface area contributed by atoms with E-state index in [4.69, 9.17) is 0 Å². The lowest BCUT2D eigenvalue weighted by molar-refractivity contribution is 0.542. The standard InChI is InChI=1S/C12H13BrFN3/c1-2-15-11(12-16-6-7-17-12)8-4-3-5-9(13)10(8)14/h3-7,11,15H,2H2,1H3,(H,16,17). The molecule has 90 valence electrons. The van der Waals surface area contributed by atoms with E-state index in [1.165, 1.54) is 0 Å². The molecule has 0 amide bonds. The molecule has 2 aromatic rings. The third kappa shape index (κ3) is 2.56. The Labute approximate surface area is 108 Å². The molecular weight excluding hydrogens is 285 g/mol. The van der Waals surface area contributed by atoms with Crippen LogP contribution in [0.5, 0.6) is 0 Å². The molecule has 0 aliphatic heterocycles. The highest BCUT2D eigenvalue weighted by Crippen LogP contribution is 2.26. The predicted molar refractivity (Wildman–Crippen MR) is 68.2 cm³/mol. The molecule has 5 heteroatoms. The number of nitrogens with one attached hydrogen (secondary N) is 2. The first-order valence-corrected chi connectivity index (χ1v) is 6.20. The van der Waals surface area contributed by atoms with Crippen LogP contribution in [0.25, 0.3) is 0 Å². The third-order valence-electron chi connectivity index (χ3n) is 2.49. The second-order valence-electron chi connectivity index (χ2n) is 3.61. The average molecular weight is 298 g/mol. The lowest BCUT2D eigenvalue weighted by atomic mass is 10.1. The number of halogens is 2. The van der Waals surface area contributed by atoms with E-state index < -0.39 is 0 Å². The number of hydrogen-bond acceptors (Lipinski definition) is 2. The van der Waals surface area contributed by atoms with Gasteiger partial charge in [-0.2, -0.15) is 0 Å². The Morgan fingerprint density at radius 3 is 3.00 bits per heavy atom. The Kier molecular flexibility index (Phi) is 3.91. The fourth-order valence-corrected chi connectivity index (χ4v) is 2.12. The van der Waals surface area contributed by atoms with Crippen molar-refractivity contribution in [2.24, 2.45) is 0 Å². The molecule has 0 spiro atoms. The quantitative estimate of drug-likeness (QED) is 0.911. The van der Waals surface area contributed by atoms with Crippen molar-refractivity contribution in [3.63, 3.8) is 0 Å². The highest BCUT2D eigenvalue weighted by molar-refractivity contribution is 9.10. The molecule has 0 radical (unpaired) electrons. The van der Waals surface area contributed by atoms with Crippen LogP contribution < -0.4 is 5.32 Å². The second-order valence-corrected chi connectivity index (χ2v) is 4.46. The number of imidazole rings is 1. The Balaban J connectivity index is 2.43. The van der Waals surface area contributed by atoms with E-state index in [0.29, 0.717) is 15.9 Å². The summed E-state index contributed by atoms with van der Waals surface area (Å²) < 4.78 is 14.5. The van der Waals surface area contributed by atoms with E-state index in [1.54, 1.807) is 24.5 Å². The maximum Gasteiger partial charge on any atom is 0.142 e.